The van der Waals surface area contributed by atoms with E-state index in [0.717, 1.165) is 5.69 Å². The molecule has 1 rings (SSSR count). The topological polar surface area (TPSA) is 22.1 Å². The van der Waals surface area contributed by atoms with E-state index >= 15 is 0 Å². The van der Waals surface area contributed by atoms with Crippen molar-refractivity contribution in [3.05, 3.63) is 23.9 Å². The quantitative estimate of drug-likeness (QED) is 0.616. The highest BCUT2D eigenvalue weighted by Crippen LogP contribution is 2.04. The van der Waals surface area contributed by atoms with E-state index in [-0.39, 0.29) is 0 Å². The van der Waals surface area contributed by atoms with Crippen LogP contribution in [0.2, 0.25) is 0 Å². The molecule has 10 heavy (non-hydrogen) atoms. The lowest BCUT2D eigenvalue weighted by atomic mass is 10.4. The molecule has 0 amide bonds. The molecule has 0 spiro atoms. The summed E-state index contributed by atoms with van der Waals surface area (Å²) in [7, 11) is 0. The Morgan fingerprint density at radius 1 is 1.70 bits per heavy atom. The van der Waals surface area contributed by atoms with Gasteiger partial charge in [-0.3, -0.25) is 0 Å². The predicted molar refractivity (Wildman–Crippen MR) is 39.0 cm³/mol. The first-order valence-electron chi connectivity index (χ1n) is 3.31. The van der Waals surface area contributed by atoms with Crippen LogP contribution < -0.4 is 4.74 Å². The van der Waals surface area contributed by atoms with E-state index in [2.05, 4.69) is 11.1 Å². The van der Waals surface area contributed by atoms with Crippen LogP contribution in [0.3, 0.4) is 0 Å². The van der Waals surface area contributed by atoms with E-state index in [1.807, 2.05) is 19.9 Å². The third kappa shape index (κ3) is 1.72. The number of aryl methyl sites for hydroxylation is 1. The largest absolute Gasteiger partial charge is 0.478 e. The molecule has 1 heterocycles. The van der Waals surface area contributed by atoms with Gasteiger partial charge in [-0.15, -0.1) is 0 Å². The molecule has 0 bridgehead atoms. The standard InChI is InChI=1S/C8H10NO/c1-3-10-8-6-4-5-7(2)9-8/h4,6H,3H2,1-2H3. The molecule has 0 saturated heterocycles. The summed E-state index contributed by atoms with van der Waals surface area (Å²) >= 11 is 0. The summed E-state index contributed by atoms with van der Waals surface area (Å²) in [4.78, 5) is 4.09. The van der Waals surface area contributed by atoms with Crippen LogP contribution in [-0.4, -0.2) is 11.6 Å². The van der Waals surface area contributed by atoms with E-state index in [9.17, 15) is 0 Å². The number of ether oxygens (including phenoxy) is 1. The molecular formula is C8H10NO. The highest BCUT2D eigenvalue weighted by atomic mass is 16.5. The zero-order chi connectivity index (χ0) is 7.40. The smallest absolute Gasteiger partial charge is 0.213 e. The van der Waals surface area contributed by atoms with Gasteiger partial charge in [0.05, 0.1) is 6.61 Å². The second kappa shape index (κ2) is 3.20. The van der Waals surface area contributed by atoms with Crippen molar-refractivity contribution >= 4 is 0 Å². The predicted octanol–water partition coefficient (Wildman–Crippen LogP) is 1.59. The average Bonchev–Trinajstić information content (AvgIpc) is 1.88. The maximum absolute atomic E-state index is 5.16. The van der Waals surface area contributed by atoms with Gasteiger partial charge in [-0.05, 0) is 19.9 Å². The first kappa shape index (κ1) is 7.06. The highest BCUT2D eigenvalue weighted by molar-refractivity contribution is 5.13. The molecule has 1 radical (unpaired) electrons. The molecule has 2 nitrogen and oxygen atoms in total. The molecule has 0 aliphatic rings. The third-order valence-corrected chi connectivity index (χ3v) is 1.09. The minimum atomic E-state index is 0.663. The van der Waals surface area contributed by atoms with Crippen LogP contribution in [0.5, 0.6) is 5.88 Å². The van der Waals surface area contributed by atoms with Crippen molar-refractivity contribution in [3.63, 3.8) is 0 Å². The minimum absolute atomic E-state index is 0.663. The summed E-state index contributed by atoms with van der Waals surface area (Å²) in [5.74, 6) is 0.679. The maximum Gasteiger partial charge on any atom is 0.213 e. The molecule has 53 valence electrons. The highest BCUT2D eigenvalue weighted by Gasteiger charge is 1.91. The van der Waals surface area contributed by atoms with E-state index < -0.39 is 0 Å². The Morgan fingerprint density at radius 2 is 2.50 bits per heavy atom. The summed E-state index contributed by atoms with van der Waals surface area (Å²) < 4.78 is 5.16. The molecule has 1 aromatic heterocycles. The number of rotatable bonds is 2. The Labute approximate surface area is 60.9 Å². The molecule has 1 aromatic rings. The van der Waals surface area contributed by atoms with Crippen molar-refractivity contribution in [1.29, 1.82) is 0 Å². The summed E-state index contributed by atoms with van der Waals surface area (Å²) in [6.45, 7) is 4.49. The lowest BCUT2D eigenvalue weighted by Crippen LogP contribution is -1.94. The number of hydrogen-bond acceptors (Lipinski definition) is 2. The molecule has 0 aromatic carbocycles. The molecule has 0 aliphatic carbocycles. The molecule has 2 heteroatoms. The van der Waals surface area contributed by atoms with E-state index in [4.69, 9.17) is 4.74 Å². The fraction of sp³-hybridized carbons (Fsp3) is 0.375. The van der Waals surface area contributed by atoms with Crippen LogP contribution >= 0.6 is 0 Å². The normalized spacial score (nSPS) is 9.40. The molecule has 0 N–H and O–H groups in total. The summed E-state index contributed by atoms with van der Waals surface area (Å²) in [6, 6.07) is 6.55. The average molecular weight is 136 g/mol. The van der Waals surface area contributed by atoms with Crippen LogP contribution in [-0.2, 0) is 0 Å². The fourth-order valence-corrected chi connectivity index (χ4v) is 0.697. The molecule has 0 aliphatic heterocycles. The number of nitrogens with zero attached hydrogens (tertiary/aromatic N) is 1. The maximum atomic E-state index is 5.16. The minimum Gasteiger partial charge on any atom is -0.478 e. The van der Waals surface area contributed by atoms with Crippen molar-refractivity contribution in [1.82, 2.24) is 4.98 Å². The Balaban J connectivity index is 2.75. The van der Waals surface area contributed by atoms with E-state index in [0.29, 0.717) is 12.5 Å². The molecule has 0 fully saturated rings. The van der Waals surface area contributed by atoms with Crippen LogP contribution in [0.15, 0.2) is 12.1 Å². The van der Waals surface area contributed by atoms with Gasteiger partial charge in [-0.1, -0.05) is 0 Å². The summed E-state index contributed by atoms with van der Waals surface area (Å²) in [6.07, 6.45) is 0. The van der Waals surface area contributed by atoms with Crippen LogP contribution in [0.4, 0.5) is 0 Å². The van der Waals surface area contributed by atoms with E-state index in [1.165, 1.54) is 0 Å². The van der Waals surface area contributed by atoms with Gasteiger partial charge < -0.3 is 4.74 Å². The van der Waals surface area contributed by atoms with Crippen molar-refractivity contribution in [2.24, 2.45) is 0 Å². The van der Waals surface area contributed by atoms with Crippen LogP contribution in [0.25, 0.3) is 0 Å². The summed E-state index contributed by atoms with van der Waals surface area (Å²) in [5.41, 5.74) is 0.867. The molecule has 0 atom stereocenters. The Bertz CT molecular complexity index is 210. The first-order chi connectivity index (χ1) is 4.83. The summed E-state index contributed by atoms with van der Waals surface area (Å²) in [5, 5.41) is 0. The Hall–Kier alpha value is -1.05. The van der Waals surface area contributed by atoms with Crippen LogP contribution in [0.1, 0.15) is 12.6 Å². The van der Waals surface area contributed by atoms with Gasteiger partial charge in [-0.25, -0.2) is 4.98 Å². The molecular weight excluding hydrogens is 126 g/mol. The van der Waals surface area contributed by atoms with Crippen LogP contribution in [0, 0.1) is 13.0 Å². The van der Waals surface area contributed by atoms with Gasteiger partial charge in [0.1, 0.15) is 0 Å². The van der Waals surface area contributed by atoms with Gasteiger partial charge in [0.2, 0.25) is 5.88 Å². The van der Waals surface area contributed by atoms with Gasteiger partial charge >= 0.3 is 0 Å². The monoisotopic (exact) mass is 136 g/mol. The zero-order valence-electron chi connectivity index (χ0n) is 6.22. The number of hydrogen-bond donors (Lipinski definition) is 0. The van der Waals surface area contributed by atoms with Gasteiger partial charge in [0.15, 0.2) is 0 Å². The SMILES string of the molecule is CCOc1cc[c]c(C)n1. The molecule has 0 saturated carbocycles. The fourth-order valence-electron chi connectivity index (χ4n) is 0.697. The molecule has 0 unspecified atom stereocenters. The Morgan fingerprint density at radius 3 is 3.10 bits per heavy atom. The van der Waals surface area contributed by atoms with Crippen molar-refractivity contribution in [2.75, 3.05) is 6.61 Å². The lowest BCUT2D eigenvalue weighted by molar-refractivity contribution is 0.326. The Kier molecular flexibility index (Phi) is 2.26. The second-order valence-electron chi connectivity index (χ2n) is 1.95. The zero-order valence-corrected chi connectivity index (χ0v) is 6.22. The number of pyridine rings is 1. The van der Waals surface area contributed by atoms with Crippen molar-refractivity contribution < 1.29 is 4.74 Å². The second-order valence-corrected chi connectivity index (χ2v) is 1.95. The van der Waals surface area contributed by atoms with Crippen molar-refractivity contribution in [3.8, 4) is 5.88 Å². The van der Waals surface area contributed by atoms with Gasteiger partial charge in [0.25, 0.3) is 0 Å². The number of aromatic nitrogens is 1. The van der Waals surface area contributed by atoms with Gasteiger partial charge in [0, 0.05) is 17.8 Å². The lowest BCUT2D eigenvalue weighted by Gasteiger charge is -2.00. The van der Waals surface area contributed by atoms with Gasteiger partial charge in [-0.2, -0.15) is 0 Å². The van der Waals surface area contributed by atoms with Crippen molar-refractivity contribution in [2.45, 2.75) is 13.8 Å². The third-order valence-electron chi connectivity index (χ3n) is 1.09. The first-order valence-corrected chi connectivity index (χ1v) is 3.31. The van der Waals surface area contributed by atoms with E-state index in [1.54, 1.807) is 6.07 Å².